The van der Waals surface area contributed by atoms with E-state index in [4.69, 9.17) is 4.52 Å². The summed E-state index contributed by atoms with van der Waals surface area (Å²) in [6.07, 6.45) is 0.610. The number of likely N-dealkylation sites (N-methyl/N-ethyl adjacent to an activating group) is 1. The third-order valence-corrected chi connectivity index (χ3v) is 5.04. The molecule has 148 valence electrons. The summed E-state index contributed by atoms with van der Waals surface area (Å²) >= 11 is 0. The molecule has 1 aliphatic rings. The number of nitrogens with one attached hydrogen (secondary N) is 1. The zero-order chi connectivity index (χ0) is 20.4. The van der Waals surface area contributed by atoms with Crippen LogP contribution in [0.25, 0.3) is 11.4 Å². The van der Waals surface area contributed by atoms with E-state index < -0.39 is 4.92 Å². The summed E-state index contributed by atoms with van der Waals surface area (Å²) in [5.74, 6) is 0.671. The summed E-state index contributed by atoms with van der Waals surface area (Å²) in [7, 11) is 1.63. The van der Waals surface area contributed by atoms with Crippen molar-refractivity contribution in [3.63, 3.8) is 0 Å². The van der Waals surface area contributed by atoms with Crippen LogP contribution in [-0.2, 0) is 24.3 Å². The van der Waals surface area contributed by atoms with Crippen molar-refractivity contribution in [2.75, 3.05) is 7.05 Å². The van der Waals surface area contributed by atoms with Crippen molar-refractivity contribution in [1.82, 2.24) is 20.4 Å². The summed E-state index contributed by atoms with van der Waals surface area (Å²) in [6, 6.07) is 13.7. The van der Waals surface area contributed by atoms with Crippen LogP contribution in [-0.4, -0.2) is 39.0 Å². The molecular formula is C20H19N5O4. The van der Waals surface area contributed by atoms with Crippen molar-refractivity contribution < 1.29 is 14.2 Å². The Morgan fingerprint density at radius 1 is 1.24 bits per heavy atom. The summed E-state index contributed by atoms with van der Waals surface area (Å²) in [5.41, 5.74) is 2.95. The lowest BCUT2D eigenvalue weighted by Gasteiger charge is -2.34. The lowest BCUT2D eigenvalue weighted by molar-refractivity contribution is -0.384. The smallest absolute Gasteiger partial charge is 0.269 e. The first-order valence-corrected chi connectivity index (χ1v) is 9.15. The van der Waals surface area contributed by atoms with Gasteiger partial charge in [-0.3, -0.25) is 19.8 Å². The molecule has 0 radical (unpaired) electrons. The number of hydrogen-bond acceptors (Lipinski definition) is 7. The van der Waals surface area contributed by atoms with Crippen LogP contribution < -0.4 is 5.32 Å². The Bertz CT molecular complexity index is 1050. The molecule has 9 nitrogen and oxygen atoms in total. The molecule has 9 heteroatoms. The van der Waals surface area contributed by atoms with Gasteiger partial charge in [-0.05, 0) is 29.7 Å². The van der Waals surface area contributed by atoms with Gasteiger partial charge in [0.25, 0.3) is 5.69 Å². The molecule has 1 amide bonds. The minimum atomic E-state index is -0.460. The Labute approximate surface area is 166 Å². The minimum Gasteiger partial charge on any atom is -0.358 e. The van der Waals surface area contributed by atoms with E-state index in [-0.39, 0.29) is 17.6 Å². The van der Waals surface area contributed by atoms with Crippen LogP contribution in [0, 0.1) is 10.1 Å². The molecule has 1 N–H and O–H groups in total. The van der Waals surface area contributed by atoms with Crippen LogP contribution in [0.5, 0.6) is 0 Å². The predicted molar refractivity (Wildman–Crippen MR) is 104 cm³/mol. The maximum atomic E-state index is 12.4. The van der Waals surface area contributed by atoms with Gasteiger partial charge in [0.2, 0.25) is 17.6 Å². The largest absolute Gasteiger partial charge is 0.358 e. The van der Waals surface area contributed by atoms with Gasteiger partial charge in [-0.2, -0.15) is 4.98 Å². The normalized spacial score (nSPS) is 16.2. The van der Waals surface area contributed by atoms with Crippen LogP contribution in [0.4, 0.5) is 5.69 Å². The fourth-order valence-electron chi connectivity index (χ4n) is 3.51. The number of carbonyl (C=O) groups excluding carboxylic acids is 1. The van der Waals surface area contributed by atoms with Gasteiger partial charge in [0.1, 0.15) is 0 Å². The van der Waals surface area contributed by atoms with E-state index in [0.29, 0.717) is 36.8 Å². The van der Waals surface area contributed by atoms with Crippen LogP contribution in [0.1, 0.15) is 17.0 Å². The van der Waals surface area contributed by atoms with Gasteiger partial charge in [-0.15, -0.1) is 0 Å². The highest BCUT2D eigenvalue weighted by Gasteiger charge is 2.32. The number of aromatic nitrogens is 2. The zero-order valence-electron chi connectivity index (χ0n) is 15.7. The molecule has 2 heterocycles. The van der Waals surface area contributed by atoms with Crippen LogP contribution in [0.3, 0.4) is 0 Å². The molecule has 0 saturated carbocycles. The Morgan fingerprint density at radius 2 is 1.97 bits per heavy atom. The van der Waals surface area contributed by atoms with Gasteiger partial charge >= 0.3 is 0 Å². The average molecular weight is 393 g/mol. The quantitative estimate of drug-likeness (QED) is 0.522. The van der Waals surface area contributed by atoms with Crippen LogP contribution >= 0.6 is 0 Å². The monoisotopic (exact) mass is 393 g/mol. The maximum absolute atomic E-state index is 12.4. The number of nitro groups is 1. The number of nitro benzene ring substituents is 1. The van der Waals surface area contributed by atoms with E-state index in [1.54, 1.807) is 19.2 Å². The van der Waals surface area contributed by atoms with Gasteiger partial charge in [-0.25, -0.2) is 0 Å². The third-order valence-electron chi connectivity index (χ3n) is 5.04. The number of rotatable bonds is 5. The summed E-state index contributed by atoms with van der Waals surface area (Å²) in [5, 5.41) is 17.5. The number of amides is 1. The first kappa shape index (κ1) is 18.8. The van der Waals surface area contributed by atoms with Gasteiger partial charge in [0.15, 0.2) is 0 Å². The summed E-state index contributed by atoms with van der Waals surface area (Å²) < 4.78 is 5.38. The van der Waals surface area contributed by atoms with Crippen molar-refractivity contribution in [1.29, 1.82) is 0 Å². The van der Waals surface area contributed by atoms with Crippen molar-refractivity contribution in [3.8, 4) is 11.4 Å². The maximum Gasteiger partial charge on any atom is 0.269 e. The molecule has 2 aromatic carbocycles. The lowest BCUT2D eigenvalue weighted by atomic mass is 9.93. The van der Waals surface area contributed by atoms with E-state index in [9.17, 15) is 14.9 Å². The van der Waals surface area contributed by atoms with Crippen molar-refractivity contribution in [2.24, 2.45) is 0 Å². The predicted octanol–water partition coefficient (Wildman–Crippen LogP) is 2.32. The number of benzene rings is 2. The molecule has 29 heavy (non-hydrogen) atoms. The zero-order valence-corrected chi connectivity index (χ0v) is 15.7. The number of fused-ring (bicyclic) bond motifs is 1. The molecule has 0 spiro atoms. The number of nitrogens with zero attached hydrogens (tertiary/aromatic N) is 4. The van der Waals surface area contributed by atoms with E-state index in [1.165, 1.54) is 17.7 Å². The molecule has 0 bridgehead atoms. The topological polar surface area (TPSA) is 114 Å². The van der Waals surface area contributed by atoms with Gasteiger partial charge < -0.3 is 9.84 Å². The molecule has 0 fully saturated rings. The fraction of sp³-hybridized carbons (Fsp3) is 0.250. The summed E-state index contributed by atoms with van der Waals surface area (Å²) in [6.45, 7) is 0.926. The highest BCUT2D eigenvalue weighted by molar-refractivity contribution is 5.82. The van der Waals surface area contributed by atoms with Gasteiger partial charge in [-0.1, -0.05) is 29.4 Å². The van der Waals surface area contributed by atoms with Crippen molar-refractivity contribution in [2.45, 2.75) is 25.6 Å². The lowest BCUT2D eigenvalue weighted by Crippen LogP contribution is -2.49. The number of hydrogen-bond donors (Lipinski definition) is 1. The van der Waals surface area contributed by atoms with Crippen molar-refractivity contribution >= 4 is 11.6 Å². The van der Waals surface area contributed by atoms with E-state index in [2.05, 4.69) is 21.5 Å². The highest BCUT2D eigenvalue weighted by Crippen LogP contribution is 2.26. The molecular weight excluding hydrogens is 374 g/mol. The number of carbonyl (C=O) groups is 1. The average Bonchev–Trinajstić information content (AvgIpc) is 3.21. The Balaban J connectivity index is 1.55. The van der Waals surface area contributed by atoms with Crippen LogP contribution in [0.15, 0.2) is 53.1 Å². The molecule has 0 saturated heterocycles. The fourth-order valence-corrected chi connectivity index (χ4v) is 3.51. The number of non-ortho nitro benzene ring substituents is 1. The molecule has 3 aromatic rings. The second-order valence-electron chi connectivity index (χ2n) is 6.82. The van der Waals surface area contributed by atoms with E-state index in [0.717, 1.165) is 5.56 Å². The molecule has 0 aliphatic carbocycles. The van der Waals surface area contributed by atoms with E-state index in [1.807, 2.05) is 23.1 Å². The first-order valence-electron chi connectivity index (χ1n) is 9.15. The minimum absolute atomic E-state index is 0.00197. The Hall–Kier alpha value is -3.59. The summed E-state index contributed by atoms with van der Waals surface area (Å²) in [4.78, 5) is 29.2. The highest BCUT2D eigenvalue weighted by atomic mass is 16.6. The third kappa shape index (κ3) is 3.85. The Morgan fingerprint density at radius 3 is 2.66 bits per heavy atom. The Kier molecular flexibility index (Phi) is 5.05. The van der Waals surface area contributed by atoms with Crippen molar-refractivity contribution in [3.05, 3.63) is 75.7 Å². The second kappa shape index (κ2) is 7.80. The van der Waals surface area contributed by atoms with Crippen LogP contribution in [0.2, 0.25) is 0 Å². The standard InChI is InChI=1S/C20H19N5O4/c1-21-20(26)17-10-14-4-2-3-5-15(14)11-24(17)12-18-22-19(23-29-18)13-6-8-16(9-7-13)25(27)28/h2-9,17H,10-12H2,1H3,(H,21,26)/t17-/m0/s1. The molecule has 0 unspecified atom stereocenters. The van der Waals surface area contributed by atoms with Gasteiger partial charge in [0.05, 0.1) is 17.5 Å². The molecule has 4 rings (SSSR count). The van der Waals surface area contributed by atoms with E-state index >= 15 is 0 Å². The molecule has 1 atom stereocenters. The first-order chi connectivity index (χ1) is 14.0. The SMILES string of the molecule is CNC(=O)[C@@H]1Cc2ccccc2CN1Cc1nc(-c2ccc([N+](=O)[O-])cc2)no1. The second-order valence-corrected chi connectivity index (χ2v) is 6.82. The molecule has 1 aromatic heterocycles. The van der Waals surface area contributed by atoms with Gasteiger partial charge in [0, 0.05) is 31.3 Å². The molecule has 1 aliphatic heterocycles.